The van der Waals surface area contributed by atoms with E-state index in [1.807, 2.05) is 18.2 Å². The average molecular weight is 401 g/mol. The number of hydrogen-bond donors (Lipinski definition) is 0. The first kappa shape index (κ1) is 19.2. The van der Waals surface area contributed by atoms with Gasteiger partial charge in [-0.25, -0.2) is 0 Å². The Morgan fingerprint density at radius 2 is 1.93 bits per heavy atom. The van der Waals surface area contributed by atoms with Crippen LogP contribution in [0, 0.1) is 17.0 Å². The van der Waals surface area contributed by atoms with E-state index in [4.69, 9.17) is 9.47 Å². The van der Waals surface area contributed by atoms with Crippen LogP contribution in [0.4, 0.5) is 5.82 Å². The van der Waals surface area contributed by atoms with Crippen molar-refractivity contribution in [3.05, 3.63) is 45.6 Å². The molecule has 0 N–H and O–H groups in total. The van der Waals surface area contributed by atoms with Gasteiger partial charge in [0.25, 0.3) is 0 Å². The molecule has 10 nitrogen and oxygen atoms in total. The van der Waals surface area contributed by atoms with Gasteiger partial charge in [-0.05, 0) is 36.5 Å². The van der Waals surface area contributed by atoms with Crippen molar-refractivity contribution >= 4 is 11.7 Å². The normalized spacial score (nSPS) is 17.4. The molecule has 3 heterocycles. The number of benzene rings is 1. The standard InChI is InChI=1S/C19H23N5O5/c1-13-9-18(24(26)27)20-23(13)14(2)19(25)22-7-5-21(6-8-22)11-15-3-4-16-17(10-15)29-12-28-16/h3-4,9-10,14H,5-8,11-12H2,1-2H3. The van der Waals surface area contributed by atoms with E-state index in [0.717, 1.165) is 36.7 Å². The Labute approximate surface area is 167 Å². The maximum atomic E-state index is 12.9. The molecule has 0 saturated carbocycles. The Morgan fingerprint density at radius 1 is 1.21 bits per heavy atom. The second kappa shape index (κ2) is 7.70. The van der Waals surface area contributed by atoms with Crippen LogP contribution in [0.5, 0.6) is 11.5 Å². The number of aromatic nitrogens is 2. The summed E-state index contributed by atoms with van der Waals surface area (Å²) >= 11 is 0. The van der Waals surface area contributed by atoms with Gasteiger partial charge < -0.3 is 24.5 Å². The lowest BCUT2D eigenvalue weighted by Crippen LogP contribution is -2.50. The third kappa shape index (κ3) is 3.88. The van der Waals surface area contributed by atoms with Crippen molar-refractivity contribution in [3.63, 3.8) is 0 Å². The van der Waals surface area contributed by atoms with Gasteiger partial charge in [-0.15, -0.1) is 0 Å². The molecule has 1 aromatic heterocycles. The molecule has 1 aromatic carbocycles. The van der Waals surface area contributed by atoms with Gasteiger partial charge in [-0.3, -0.25) is 9.69 Å². The molecule has 2 aliphatic heterocycles. The fraction of sp³-hybridized carbons (Fsp3) is 0.474. The van der Waals surface area contributed by atoms with Gasteiger partial charge in [-0.2, -0.15) is 4.68 Å². The lowest BCUT2D eigenvalue weighted by molar-refractivity contribution is -0.389. The maximum Gasteiger partial charge on any atom is 0.390 e. The number of fused-ring (bicyclic) bond motifs is 1. The zero-order valence-corrected chi connectivity index (χ0v) is 16.4. The molecular formula is C19H23N5O5. The van der Waals surface area contributed by atoms with Crippen molar-refractivity contribution in [1.82, 2.24) is 19.6 Å². The molecule has 1 saturated heterocycles. The van der Waals surface area contributed by atoms with E-state index in [2.05, 4.69) is 10.00 Å². The third-order valence-corrected chi connectivity index (χ3v) is 5.35. The molecule has 1 atom stereocenters. The van der Waals surface area contributed by atoms with Gasteiger partial charge >= 0.3 is 5.82 Å². The van der Waals surface area contributed by atoms with Crippen molar-refractivity contribution in [3.8, 4) is 11.5 Å². The van der Waals surface area contributed by atoms with Crippen LogP contribution >= 0.6 is 0 Å². The van der Waals surface area contributed by atoms with Crippen LogP contribution in [0.1, 0.15) is 24.2 Å². The number of hydrogen-bond acceptors (Lipinski definition) is 7. The number of nitrogens with zero attached hydrogens (tertiary/aromatic N) is 5. The van der Waals surface area contributed by atoms with Gasteiger partial charge in [0.05, 0.1) is 16.9 Å². The van der Waals surface area contributed by atoms with E-state index in [1.54, 1.807) is 18.7 Å². The average Bonchev–Trinajstić information content (AvgIpc) is 3.33. The van der Waals surface area contributed by atoms with E-state index >= 15 is 0 Å². The van der Waals surface area contributed by atoms with Crippen LogP contribution in [0.15, 0.2) is 24.3 Å². The van der Waals surface area contributed by atoms with E-state index in [-0.39, 0.29) is 18.5 Å². The lowest BCUT2D eigenvalue weighted by Gasteiger charge is -2.35. The van der Waals surface area contributed by atoms with Gasteiger partial charge in [0, 0.05) is 32.7 Å². The molecule has 0 bridgehead atoms. The van der Waals surface area contributed by atoms with Crippen LogP contribution in [-0.2, 0) is 11.3 Å². The van der Waals surface area contributed by atoms with Crippen molar-refractivity contribution in [2.45, 2.75) is 26.4 Å². The van der Waals surface area contributed by atoms with E-state index < -0.39 is 11.0 Å². The smallest absolute Gasteiger partial charge is 0.390 e. The van der Waals surface area contributed by atoms with Gasteiger partial charge in [-0.1, -0.05) is 6.07 Å². The number of carbonyl (C=O) groups is 1. The first-order valence-corrected chi connectivity index (χ1v) is 9.52. The van der Waals surface area contributed by atoms with E-state index in [0.29, 0.717) is 18.8 Å². The molecule has 2 aliphatic rings. The number of carbonyl (C=O) groups excluding carboxylic acids is 1. The van der Waals surface area contributed by atoms with E-state index in [9.17, 15) is 14.9 Å². The number of piperazine rings is 1. The fourth-order valence-electron chi connectivity index (χ4n) is 3.75. The summed E-state index contributed by atoms with van der Waals surface area (Å²) in [5.41, 5.74) is 1.74. The van der Waals surface area contributed by atoms with Gasteiger partial charge in [0.2, 0.25) is 12.7 Å². The van der Waals surface area contributed by atoms with Crippen molar-refractivity contribution in [2.75, 3.05) is 33.0 Å². The number of ether oxygens (including phenoxy) is 2. The molecular weight excluding hydrogens is 378 g/mol. The zero-order chi connectivity index (χ0) is 20.5. The minimum atomic E-state index is -0.580. The highest BCUT2D eigenvalue weighted by Crippen LogP contribution is 2.32. The second-order valence-electron chi connectivity index (χ2n) is 7.31. The van der Waals surface area contributed by atoms with Crippen LogP contribution in [0.2, 0.25) is 0 Å². The van der Waals surface area contributed by atoms with Gasteiger partial charge in [0.15, 0.2) is 11.5 Å². The Bertz CT molecular complexity index is 935. The summed E-state index contributed by atoms with van der Waals surface area (Å²) in [7, 11) is 0. The molecule has 0 aliphatic carbocycles. The highest BCUT2D eigenvalue weighted by molar-refractivity contribution is 5.80. The molecule has 1 fully saturated rings. The molecule has 4 rings (SSSR count). The SMILES string of the molecule is Cc1cc([N+](=O)[O-])nn1C(C)C(=O)N1CCN(Cc2ccc3c(c2)OCO3)CC1. The predicted molar refractivity (Wildman–Crippen MR) is 103 cm³/mol. The van der Waals surface area contributed by atoms with Crippen molar-refractivity contribution < 1.29 is 19.2 Å². The fourth-order valence-corrected chi connectivity index (χ4v) is 3.75. The Kier molecular flexibility index (Phi) is 5.10. The molecule has 0 radical (unpaired) electrons. The Balaban J connectivity index is 1.34. The Hall–Kier alpha value is -3.14. The summed E-state index contributed by atoms with van der Waals surface area (Å²) in [6.07, 6.45) is 0. The zero-order valence-electron chi connectivity index (χ0n) is 16.4. The minimum Gasteiger partial charge on any atom is -0.454 e. The summed E-state index contributed by atoms with van der Waals surface area (Å²) in [6.45, 7) is 7.20. The quantitative estimate of drug-likeness (QED) is 0.555. The minimum absolute atomic E-state index is 0.0752. The molecule has 154 valence electrons. The molecule has 29 heavy (non-hydrogen) atoms. The number of aryl methyl sites for hydroxylation is 1. The number of amides is 1. The summed E-state index contributed by atoms with van der Waals surface area (Å²) < 4.78 is 12.2. The second-order valence-corrected chi connectivity index (χ2v) is 7.31. The number of rotatable bonds is 5. The maximum absolute atomic E-state index is 12.9. The third-order valence-electron chi connectivity index (χ3n) is 5.35. The van der Waals surface area contributed by atoms with E-state index in [1.165, 1.54) is 10.7 Å². The predicted octanol–water partition coefficient (Wildman–Crippen LogP) is 1.73. The van der Waals surface area contributed by atoms with Crippen LogP contribution < -0.4 is 9.47 Å². The molecule has 1 unspecified atom stereocenters. The molecule has 2 aromatic rings. The summed E-state index contributed by atoms with van der Waals surface area (Å²) in [6, 6.07) is 6.75. The molecule has 1 amide bonds. The monoisotopic (exact) mass is 401 g/mol. The largest absolute Gasteiger partial charge is 0.454 e. The van der Waals surface area contributed by atoms with Crippen LogP contribution in [0.3, 0.4) is 0 Å². The Morgan fingerprint density at radius 3 is 2.62 bits per heavy atom. The molecule has 0 spiro atoms. The lowest BCUT2D eigenvalue weighted by atomic mass is 10.1. The van der Waals surface area contributed by atoms with Gasteiger partial charge in [0.1, 0.15) is 6.04 Å². The van der Waals surface area contributed by atoms with Crippen LogP contribution in [-0.4, -0.2) is 63.4 Å². The summed E-state index contributed by atoms with van der Waals surface area (Å²) in [5.74, 6) is 1.23. The highest BCUT2D eigenvalue weighted by Gasteiger charge is 2.30. The van der Waals surface area contributed by atoms with Crippen LogP contribution in [0.25, 0.3) is 0 Å². The first-order valence-electron chi connectivity index (χ1n) is 9.52. The van der Waals surface area contributed by atoms with Crippen molar-refractivity contribution in [1.29, 1.82) is 0 Å². The summed E-state index contributed by atoms with van der Waals surface area (Å²) in [4.78, 5) is 27.3. The first-order chi connectivity index (χ1) is 13.9. The molecule has 10 heteroatoms. The van der Waals surface area contributed by atoms with Crippen molar-refractivity contribution in [2.24, 2.45) is 0 Å². The highest BCUT2D eigenvalue weighted by atomic mass is 16.7. The topological polar surface area (TPSA) is 103 Å². The number of nitro groups is 1. The summed E-state index contributed by atoms with van der Waals surface area (Å²) in [5, 5.41) is 14.9.